The van der Waals surface area contributed by atoms with E-state index >= 15 is 0 Å². The van der Waals surface area contributed by atoms with E-state index in [0.29, 0.717) is 43.8 Å². The highest BCUT2D eigenvalue weighted by Crippen LogP contribution is 2.34. The fourth-order valence-corrected chi connectivity index (χ4v) is 5.27. The van der Waals surface area contributed by atoms with E-state index in [1.807, 2.05) is 23.2 Å². The summed E-state index contributed by atoms with van der Waals surface area (Å²) in [6, 6.07) is 6.69. The van der Waals surface area contributed by atoms with E-state index in [9.17, 15) is 10.1 Å². The zero-order valence-electron chi connectivity index (χ0n) is 19.8. The summed E-state index contributed by atoms with van der Waals surface area (Å²) in [5.74, 6) is 1.35. The van der Waals surface area contributed by atoms with Gasteiger partial charge < -0.3 is 24.6 Å². The SMILES string of the molecule is COc1ccc(CNC2CCN(C(=O)C3(C#N)CCN(CC4CCOCC4)CC3)CC2)cn1. The molecule has 0 bridgehead atoms. The van der Waals surface area contributed by atoms with Crippen molar-refractivity contribution >= 4 is 5.91 Å². The number of rotatable bonds is 7. The van der Waals surface area contributed by atoms with Crippen LogP contribution in [-0.2, 0) is 16.1 Å². The molecule has 0 spiro atoms. The highest BCUT2D eigenvalue weighted by Gasteiger charge is 2.45. The molecule has 8 heteroatoms. The molecule has 0 saturated carbocycles. The van der Waals surface area contributed by atoms with E-state index in [4.69, 9.17) is 9.47 Å². The lowest BCUT2D eigenvalue weighted by atomic mass is 9.77. The number of amides is 1. The first-order valence-electron chi connectivity index (χ1n) is 12.3. The van der Waals surface area contributed by atoms with Crippen LogP contribution in [0.4, 0.5) is 0 Å². The Morgan fingerprint density at radius 3 is 2.55 bits per heavy atom. The molecule has 0 unspecified atom stereocenters. The molecule has 1 aromatic heterocycles. The molecule has 4 heterocycles. The van der Waals surface area contributed by atoms with Crippen molar-refractivity contribution in [2.75, 3.05) is 53.0 Å². The summed E-state index contributed by atoms with van der Waals surface area (Å²) in [6.07, 6.45) is 7.19. The van der Waals surface area contributed by atoms with Crippen LogP contribution in [0.1, 0.15) is 44.1 Å². The van der Waals surface area contributed by atoms with Crippen LogP contribution >= 0.6 is 0 Å². The molecule has 4 rings (SSSR count). The Morgan fingerprint density at radius 1 is 1.21 bits per heavy atom. The van der Waals surface area contributed by atoms with Crippen LogP contribution in [0, 0.1) is 22.7 Å². The Morgan fingerprint density at radius 2 is 1.94 bits per heavy atom. The van der Waals surface area contributed by atoms with Gasteiger partial charge in [-0.2, -0.15) is 5.26 Å². The molecule has 0 aromatic carbocycles. The largest absolute Gasteiger partial charge is 0.481 e. The van der Waals surface area contributed by atoms with Crippen LogP contribution in [0.25, 0.3) is 0 Å². The van der Waals surface area contributed by atoms with E-state index < -0.39 is 5.41 Å². The number of hydrogen-bond donors (Lipinski definition) is 1. The lowest BCUT2D eigenvalue weighted by Crippen LogP contribution is -2.53. The highest BCUT2D eigenvalue weighted by atomic mass is 16.5. The van der Waals surface area contributed by atoms with E-state index in [-0.39, 0.29) is 5.91 Å². The second-order valence-electron chi connectivity index (χ2n) is 9.71. The summed E-state index contributed by atoms with van der Waals surface area (Å²) in [4.78, 5) is 22.0. The van der Waals surface area contributed by atoms with Crippen molar-refractivity contribution in [1.82, 2.24) is 20.1 Å². The monoisotopic (exact) mass is 455 g/mol. The molecule has 3 aliphatic heterocycles. The predicted molar refractivity (Wildman–Crippen MR) is 124 cm³/mol. The van der Waals surface area contributed by atoms with Crippen LogP contribution in [0.2, 0.25) is 0 Å². The Kier molecular flexibility index (Phi) is 8.18. The lowest BCUT2D eigenvalue weighted by Gasteiger charge is -2.42. The minimum absolute atomic E-state index is 0.0496. The van der Waals surface area contributed by atoms with Gasteiger partial charge in [0.15, 0.2) is 0 Å². The normalized spacial score (nSPS) is 22.6. The number of carbonyl (C=O) groups excluding carboxylic acids is 1. The van der Waals surface area contributed by atoms with Crippen LogP contribution in [0.3, 0.4) is 0 Å². The van der Waals surface area contributed by atoms with Gasteiger partial charge in [0, 0.05) is 70.8 Å². The third kappa shape index (κ3) is 6.03. The predicted octanol–water partition coefficient (Wildman–Crippen LogP) is 2.20. The summed E-state index contributed by atoms with van der Waals surface area (Å²) in [6.45, 7) is 6.65. The molecule has 3 fully saturated rings. The van der Waals surface area contributed by atoms with Gasteiger partial charge in [0.2, 0.25) is 11.8 Å². The third-order valence-electron chi connectivity index (χ3n) is 7.57. The first kappa shape index (κ1) is 23.9. The number of nitrogens with zero attached hydrogens (tertiary/aromatic N) is 4. The number of pyridine rings is 1. The van der Waals surface area contributed by atoms with Crippen molar-refractivity contribution < 1.29 is 14.3 Å². The van der Waals surface area contributed by atoms with Crippen molar-refractivity contribution in [2.24, 2.45) is 11.3 Å². The van der Waals surface area contributed by atoms with Crippen molar-refractivity contribution in [3.05, 3.63) is 23.9 Å². The number of carbonyl (C=O) groups is 1. The smallest absolute Gasteiger partial charge is 0.243 e. The molecule has 0 radical (unpaired) electrons. The minimum atomic E-state index is -0.846. The first-order chi connectivity index (χ1) is 16.1. The van der Waals surface area contributed by atoms with Gasteiger partial charge in [0.1, 0.15) is 5.41 Å². The minimum Gasteiger partial charge on any atom is -0.481 e. The molecule has 1 amide bonds. The quantitative estimate of drug-likeness (QED) is 0.674. The van der Waals surface area contributed by atoms with Crippen molar-refractivity contribution in [1.29, 1.82) is 5.26 Å². The number of hydrogen-bond acceptors (Lipinski definition) is 7. The topological polar surface area (TPSA) is 90.7 Å². The van der Waals surface area contributed by atoms with E-state index in [1.165, 1.54) is 0 Å². The molecule has 1 N–H and O–H groups in total. The summed E-state index contributed by atoms with van der Waals surface area (Å²) in [5.41, 5.74) is 0.270. The number of likely N-dealkylation sites (tertiary alicyclic amines) is 2. The number of nitrogens with one attached hydrogen (secondary N) is 1. The lowest BCUT2D eigenvalue weighted by molar-refractivity contribution is -0.142. The second kappa shape index (κ2) is 11.3. The first-order valence-corrected chi connectivity index (χ1v) is 12.3. The zero-order chi connectivity index (χ0) is 23.1. The molecule has 3 aliphatic rings. The van der Waals surface area contributed by atoms with Crippen LogP contribution < -0.4 is 10.1 Å². The number of piperidine rings is 2. The summed E-state index contributed by atoms with van der Waals surface area (Å²) < 4.78 is 10.6. The fourth-order valence-electron chi connectivity index (χ4n) is 5.27. The molecule has 33 heavy (non-hydrogen) atoms. The van der Waals surface area contributed by atoms with Gasteiger partial charge in [-0.25, -0.2) is 4.98 Å². The van der Waals surface area contributed by atoms with Gasteiger partial charge in [0.05, 0.1) is 13.2 Å². The molecule has 1 aromatic rings. The van der Waals surface area contributed by atoms with Crippen LogP contribution in [-0.4, -0.2) is 79.8 Å². The maximum atomic E-state index is 13.4. The Labute approximate surface area is 197 Å². The summed E-state index contributed by atoms with van der Waals surface area (Å²) in [5, 5.41) is 13.6. The van der Waals surface area contributed by atoms with Gasteiger partial charge >= 0.3 is 0 Å². The average molecular weight is 456 g/mol. The number of ether oxygens (including phenoxy) is 2. The van der Waals surface area contributed by atoms with E-state index in [1.54, 1.807) is 7.11 Å². The second-order valence-corrected chi connectivity index (χ2v) is 9.71. The molecule has 3 saturated heterocycles. The Hall–Kier alpha value is -2.21. The standard InChI is InChI=1S/C25H37N5O3/c1-32-23-3-2-21(17-28-23)16-27-22-4-10-30(11-5-22)24(31)25(19-26)8-12-29(13-9-25)18-20-6-14-33-15-7-20/h2-3,17,20,22,27H,4-16,18H2,1H3. The number of nitriles is 1. The van der Waals surface area contributed by atoms with Gasteiger partial charge in [-0.1, -0.05) is 6.07 Å². The fraction of sp³-hybridized carbons (Fsp3) is 0.720. The van der Waals surface area contributed by atoms with E-state index in [0.717, 1.165) is 70.6 Å². The molecule has 0 atom stereocenters. The van der Waals surface area contributed by atoms with Crippen molar-refractivity contribution in [3.63, 3.8) is 0 Å². The van der Waals surface area contributed by atoms with Gasteiger partial charge in [0.25, 0.3) is 0 Å². The maximum absolute atomic E-state index is 13.4. The molecule has 180 valence electrons. The number of aromatic nitrogens is 1. The maximum Gasteiger partial charge on any atom is 0.243 e. The van der Waals surface area contributed by atoms with Crippen molar-refractivity contribution in [2.45, 2.75) is 51.1 Å². The highest BCUT2D eigenvalue weighted by molar-refractivity contribution is 5.85. The summed E-state index contributed by atoms with van der Waals surface area (Å²) >= 11 is 0. The third-order valence-corrected chi connectivity index (χ3v) is 7.57. The molecular formula is C25H37N5O3. The zero-order valence-corrected chi connectivity index (χ0v) is 19.8. The average Bonchev–Trinajstić information content (AvgIpc) is 2.89. The van der Waals surface area contributed by atoms with Gasteiger partial charge in [-0.15, -0.1) is 0 Å². The molecule has 8 nitrogen and oxygen atoms in total. The summed E-state index contributed by atoms with van der Waals surface area (Å²) in [7, 11) is 1.61. The van der Waals surface area contributed by atoms with Gasteiger partial charge in [-0.3, -0.25) is 4.79 Å². The van der Waals surface area contributed by atoms with Crippen LogP contribution in [0.15, 0.2) is 18.3 Å². The Balaban J connectivity index is 1.22. The van der Waals surface area contributed by atoms with Gasteiger partial charge in [-0.05, 0) is 50.0 Å². The van der Waals surface area contributed by atoms with Crippen molar-refractivity contribution in [3.8, 4) is 11.9 Å². The molecule has 0 aliphatic carbocycles. The van der Waals surface area contributed by atoms with Crippen LogP contribution in [0.5, 0.6) is 5.88 Å². The van der Waals surface area contributed by atoms with E-state index in [2.05, 4.69) is 21.3 Å². The molecular weight excluding hydrogens is 418 g/mol. The number of methoxy groups -OCH3 is 1. The Bertz CT molecular complexity index is 802.